The standard InChI is InChI=1S/C12H18FN3O3S/c1-20(18,19)15-8-12(17)5-2-6-16(9-12)11-4-3-10(13)7-14-11/h3-4,7,15,17H,2,5-6,8-9H2,1H3. The Bertz CT molecular complexity index is 564. The molecule has 1 saturated heterocycles. The third-order valence-corrected chi connectivity index (χ3v) is 3.92. The zero-order valence-corrected chi connectivity index (χ0v) is 12.0. The molecule has 0 saturated carbocycles. The minimum absolute atomic E-state index is 0.0382. The first-order valence-electron chi connectivity index (χ1n) is 6.31. The molecule has 0 radical (unpaired) electrons. The molecule has 1 unspecified atom stereocenters. The van der Waals surface area contributed by atoms with E-state index in [1.54, 1.807) is 6.07 Å². The van der Waals surface area contributed by atoms with Gasteiger partial charge in [-0.2, -0.15) is 0 Å². The molecule has 0 aromatic carbocycles. The van der Waals surface area contributed by atoms with Gasteiger partial charge in [0.25, 0.3) is 0 Å². The van der Waals surface area contributed by atoms with Crippen molar-refractivity contribution in [1.82, 2.24) is 9.71 Å². The van der Waals surface area contributed by atoms with Gasteiger partial charge in [-0.15, -0.1) is 0 Å². The summed E-state index contributed by atoms with van der Waals surface area (Å²) in [4.78, 5) is 5.80. The second kappa shape index (κ2) is 5.63. The van der Waals surface area contributed by atoms with Crippen LogP contribution in [0.3, 0.4) is 0 Å². The fraction of sp³-hybridized carbons (Fsp3) is 0.583. The first kappa shape index (κ1) is 15.1. The van der Waals surface area contributed by atoms with E-state index in [0.29, 0.717) is 25.2 Å². The van der Waals surface area contributed by atoms with Gasteiger partial charge in [0.2, 0.25) is 10.0 Å². The van der Waals surface area contributed by atoms with Gasteiger partial charge >= 0.3 is 0 Å². The van der Waals surface area contributed by atoms with Gasteiger partial charge in [0, 0.05) is 19.6 Å². The van der Waals surface area contributed by atoms with Crippen molar-refractivity contribution in [2.45, 2.75) is 18.4 Å². The smallest absolute Gasteiger partial charge is 0.208 e. The van der Waals surface area contributed by atoms with Crippen molar-refractivity contribution in [3.63, 3.8) is 0 Å². The molecule has 1 aromatic rings. The second-order valence-corrected chi connectivity index (χ2v) is 7.01. The summed E-state index contributed by atoms with van der Waals surface area (Å²) >= 11 is 0. The van der Waals surface area contributed by atoms with Crippen LogP contribution in [0.2, 0.25) is 0 Å². The normalized spacial score (nSPS) is 23.9. The number of rotatable bonds is 4. The summed E-state index contributed by atoms with van der Waals surface area (Å²) < 4.78 is 37.4. The van der Waals surface area contributed by atoms with Crippen LogP contribution < -0.4 is 9.62 Å². The zero-order chi connectivity index (χ0) is 14.8. The molecule has 1 aliphatic rings. The molecule has 1 fully saturated rings. The largest absolute Gasteiger partial charge is 0.387 e. The molecule has 0 spiro atoms. The molecule has 0 aliphatic carbocycles. The quantitative estimate of drug-likeness (QED) is 0.824. The van der Waals surface area contributed by atoms with E-state index in [1.165, 1.54) is 6.07 Å². The number of hydrogen-bond acceptors (Lipinski definition) is 5. The van der Waals surface area contributed by atoms with Crippen molar-refractivity contribution in [2.24, 2.45) is 0 Å². The van der Waals surface area contributed by atoms with Crippen LogP contribution in [-0.4, -0.2) is 50.0 Å². The van der Waals surface area contributed by atoms with E-state index in [-0.39, 0.29) is 13.1 Å². The van der Waals surface area contributed by atoms with Gasteiger partial charge in [-0.1, -0.05) is 0 Å². The molecule has 0 amide bonds. The fourth-order valence-corrected chi connectivity index (χ4v) is 2.80. The van der Waals surface area contributed by atoms with Gasteiger partial charge in [-0.3, -0.25) is 0 Å². The van der Waals surface area contributed by atoms with Crippen LogP contribution >= 0.6 is 0 Å². The number of nitrogens with one attached hydrogen (secondary N) is 1. The fourth-order valence-electron chi connectivity index (χ4n) is 2.27. The van der Waals surface area contributed by atoms with E-state index >= 15 is 0 Å². The molecular weight excluding hydrogens is 285 g/mol. The van der Waals surface area contributed by atoms with Gasteiger partial charge in [0.1, 0.15) is 11.6 Å². The maximum atomic E-state index is 12.9. The van der Waals surface area contributed by atoms with Gasteiger partial charge in [-0.05, 0) is 25.0 Å². The SMILES string of the molecule is CS(=O)(=O)NCC1(O)CCCN(c2ccc(F)cn2)C1. The van der Waals surface area contributed by atoms with Crippen molar-refractivity contribution in [3.05, 3.63) is 24.1 Å². The predicted octanol–water partition coefficient (Wildman–Crippen LogP) is 0.101. The van der Waals surface area contributed by atoms with Crippen LogP contribution in [0.5, 0.6) is 0 Å². The van der Waals surface area contributed by atoms with E-state index in [2.05, 4.69) is 9.71 Å². The topological polar surface area (TPSA) is 82.5 Å². The Kier molecular flexibility index (Phi) is 4.26. The van der Waals surface area contributed by atoms with Crippen molar-refractivity contribution >= 4 is 15.8 Å². The lowest BCUT2D eigenvalue weighted by atomic mass is 9.93. The summed E-state index contributed by atoms with van der Waals surface area (Å²) in [6.07, 6.45) is 3.39. The van der Waals surface area contributed by atoms with Crippen molar-refractivity contribution in [1.29, 1.82) is 0 Å². The monoisotopic (exact) mass is 303 g/mol. The maximum absolute atomic E-state index is 12.9. The number of anilines is 1. The summed E-state index contributed by atoms with van der Waals surface area (Å²) in [5.41, 5.74) is -1.14. The lowest BCUT2D eigenvalue weighted by molar-refractivity contribution is 0.0310. The number of nitrogens with zero attached hydrogens (tertiary/aromatic N) is 2. The molecule has 2 heterocycles. The first-order chi connectivity index (χ1) is 9.27. The van der Waals surface area contributed by atoms with E-state index in [1.807, 2.05) is 4.90 Å². The predicted molar refractivity (Wildman–Crippen MR) is 73.4 cm³/mol. The number of hydrogen-bond donors (Lipinski definition) is 2. The summed E-state index contributed by atoms with van der Waals surface area (Å²) in [5.74, 6) is 0.156. The molecule has 1 aliphatic heterocycles. The number of halogens is 1. The Morgan fingerprint density at radius 1 is 1.55 bits per heavy atom. The number of β-amino-alcohol motifs (C(OH)–C–C–N with tert-alkyl or cyclic N) is 1. The zero-order valence-electron chi connectivity index (χ0n) is 11.2. The second-order valence-electron chi connectivity index (χ2n) is 5.18. The van der Waals surface area contributed by atoms with E-state index in [9.17, 15) is 17.9 Å². The average Bonchev–Trinajstić information content (AvgIpc) is 2.37. The minimum atomic E-state index is -3.34. The van der Waals surface area contributed by atoms with Gasteiger partial charge in [0.15, 0.2) is 0 Å². The van der Waals surface area contributed by atoms with Gasteiger partial charge < -0.3 is 10.0 Å². The lowest BCUT2D eigenvalue weighted by Gasteiger charge is -2.39. The Morgan fingerprint density at radius 2 is 2.30 bits per heavy atom. The Morgan fingerprint density at radius 3 is 2.90 bits per heavy atom. The summed E-state index contributed by atoms with van der Waals surface area (Å²) in [5, 5.41) is 10.5. The van der Waals surface area contributed by atoms with E-state index in [0.717, 1.165) is 12.5 Å². The van der Waals surface area contributed by atoms with Gasteiger partial charge in [-0.25, -0.2) is 22.5 Å². The van der Waals surface area contributed by atoms with Crippen molar-refractivity contribution in [2.75, 3.05) is 30.8 Å². The number of aromatic nitrogens is 1. The van der Waals surface area contributed by atoms with Crippen LogP contribution in [0.4, 0.5) is 10.2 Å². The maximum Gasteiger partial charge on any atom is 0.208 e. The van der Waals surface area contributed by atoms with Crippen LogP contribution in [0.25, 0.3) is 0 Å². The van der Waals surface area contributed by atoms with E-state index < -0.39 is 21.4 Å². The summed E-state index contributed by atoms with van der Waals surface area (Å²) in [7, 11) is -3.34. The molecule has 1 atom stereocenters. The number of aliphatic hydroxyl groups is 1. The Hall–Kier alpha value is -1.25. The number of pyridine rings is 1. The molecule has 2 rings (SSSR count). The highest BCUT2D eigenvalue weighted by Crippen LogP contribution is 2.24. The highest BCUT2D eigenvalue weighted by molar-refractivity contribution is 7.88. The highest BCUT2D eigenvalue weighted by atomic mass is 32.2. The third-order valence-electron chi connectivity index (χ3n) is 3.25. The molecule has 6 nitrogen and oxygen atoms in total. The van der Waals surface area contributed by atoms with Crippen molar-refractivity contribution < 1.29 is 17.9 Å². The number of piperidine rings is 1. The van der Waals surface area contributed by atoms with Gasteiger partial charge in [0.05, 0.1) is 18.1 Å². The van der Waals surface area contributed by atoms with Crippen molar-refractivity contribution in [3.8, 4) is 0 Å². The molecule has 20 heavy (non-hydrogen) atoms. The Labute approximate surface area is 117 Å². The van der Waals surface area contributed by atoms with Crippen LogP contribution in [0, 0.1) is 5.82 Å². The average molecular weight is 303 g/mol. The summed E-state index contributed by atoms with van der Waals surface area (Å²) in [6.45, 7) is 0.914. The lowest BCUT2D eigenvalue weighted by Crippen LogP contribution is -2.54. The van der Waals surface area contributed by atoms with Crippen LogP contribution in [-0.2, 0) is 10.0 Å². The summed E-state index contributed by atoms with van der Waals surface area (Å²) in [6, 6.07) is 2.86. The minimum Gasteiger partial charge on any atom is -0.387 e. The van der Waals surface area contributed by atoms with E-state index in [4.69, 9.17) is 0 Å². The van der Waals surface area contributed by atoms with Crippen LogP contribution in [0.15, 0.2) is 18.3 Å². The molecular formula is C12H18FN3O3S. The third kappa shape index (κ3) is 4.12. The number of sulfonamides is 1. The molecule has 2 N–H and O–H groups in total. The molecule has 112 valence electrons. The molecule has 0 bridgehead atoms. The molecule has 8 heteroatoms. The Balaban J connectivity index is 2.05. The molecule has 1 aromatic heterocycles. The van der Waals surface area contributed by atoms with Crippen LogP contribution in [0.1, 0.15) is 12.8 Å². The first-order valence-corrected chi connectivity index (χ1v) is 8.20. The highest BCUT2D eigenvalue weighted by Gasteiger charge is 2.34.